The van der Waals surface area contributed by atoms with Gasteiger partial charge in [-0.1, -0.05) is 20.8 Å². The smallest absolute Gasteiger partial charge is 0.221 e. The lowest BCUT2D eigenvalue weighted by Gasteiger charge is -2.37. The highest BCUT2D eigenvalue weighted by atomic mass is 16.1. The van der Waals surface area contributed by atoms with Gasteiger partial charge in [0.1, 0.15) is 0 Å². The Labute approximate surface area is 104 Å². The summed E-state index contributed by atoms with van der Waals surface area (Å²) in [5.74, 6) is -0.126. The molecule has 0 spiro atoms. The number of likely N-dealkylation sites (tertiary alicyclic amines) is 1. The van der Waals surface area contributed by atoms with Crippen molar-refractivity contribution >= 4 is 11.7 Å². The Morgan fingerprint density at radius 2 is 1.88 bits per heavy atom. The van der Waals surface area contributed by atoms with Gasteiger partial charge in [0.15, 0.2) is 5.78 Å². The summed E-state index contributed by atoms with van der Waals surface area (Å²) in [6.07, 6.45) is 1.78. The minimum atomic E-state index is -0.320. The molecule has 1 amide bonds. The van der Waals surface area contributed by atoms with E-state index in [1.807, 2.05) is 20.8 Å². The first kappa shape index (κ1) is 14.2. The molecule has 0 saturated carbocycles. The molecule has 4 nitrogen and oxygen atoms in total. The maximum absolute atomic E-state index is 12.0. The third-order valence-corrected chi connectivity index (χ3v) is 3.60. The molecule has 0 aromatic rings. The molecular formula is C13H24N2O2. The number of nitrogens with two attached hydrogens (primary N) is 1. The number of piperidine rings is 1. The number of Topliss-reactive ketones (excluding diaryl/α,β-unsaturated/α-hetero) is 1. The lowest BCUT2D eigenvalue weighted by Crippen LogP contribution is -2.49. The fourth-order valence-electron chi connectivity index (χ4n) is 2.05. The summed E-state index contributed by atoms with van der Waals surface area (Å²) in [4.78, 5) is 25.3. The van der Waals surface area contributed by atoms with Gasteiger partial charge in [-0.05, 0) is 19.8 Å². The average Bonchev–Trinajstić information content (AvgIpc) is 2.19. The number of carbonyl (C=O) groups is 2. The summed E-state index contributed by atoms with van der Waals surface area (Å²) in [5.41, 5.74) is 5.02. The Morgan fingerprint density at radius 3 is 2.35 bits per heavy atom. The minimum Gasteiger partial charge on any atom is -0.369 e. The Balaban J connectivity index is 2.62. The molecule has 0 radical (unpaired) electrons. The fourth-order valence-corrected chi connectivity index (χ4v) is 2.05. The lowest BCUT2D eigenvalue weighted by atomic mass is 9.88. The van der Waals surface area contributed by atoms with E-state index in [4.69, 9.17) is 5.73 Å². The summed E-state index contributed by atoms with van der Waals surface area (Å²) in [6.45, 7) is 8.93. The van der Waals surface area contributed by atoms with Crippen molar-refractivity contribution in [1.82, 2.24) is 4.90 Å². The molecule has 98 valence electrons. The van der Waals surface area contributed by atoms with Crippen molar-refractivity contribution in [3.63, 3.8) is 0 Å². The van der Waals surface area contributed by atoms with E-state index in [9.17, 15) is 9.59 Å². The maximum Gasteiger partial charge on any atom is 0.221 e. The van der Waals surface area contributed by atoms with Gasteiger partial charge in [0, 0.05) is 18.0 Å². The molecule has 17 heavy (non-hydrogen) atoms. The molecule has 4 heteroatoms. The van der Waals surface area contributed by atoms with Crippen LogP contribution in [0, 0.1) is 11.3 Å². The van der Waals surface area contributed by atoms with Crippen LogP contribution < -0.4 is 5.73 Å². The molecular weight excluding hydrogens is 216 g/mol. The predicted octanol–water partition coefficient (Wildman–Crippen LogP) is 1.19. The third kappa shape index (κ3) is 3.80. The molecule has 1 heterocycles. The van der Waals surface area contributed by atoms with Crippen molar-refractivity contribution in [2.45, 2.75) is 46.6 Å². The van der Waals surface area contributed by atoms with E-state index in [2.05, 4.69) is 11.8 Å². The van der Waals surface area contributed by atoms with Crippen LogP contribution in [0.4, 0.5) is 0 Å². The summed E-state index contributed by atoms with van der Waals surface area (Å²) in [7, 11) is 0. The van der Waals surface area contributed by atoms with Crippen molar-refractivity contribution in [3.05, 3.63) is 0 Å². The SMILES string of the molecule is CC1CCC(C(N)=O)CN1CC(=O)C(C)(C)C. The second-order valence-electron chi connectivity index (χ2n) is 6.13. The van der Waals surface area contributed by atoms with Crippen molar-refractivity contribution in [2.75, 3.05) is 13.1 Å². The molecule has 0 bridgehead atoms. The van der Waals surface area contributed by atoms with Gasteiger partial charge in [0.2, 0.25) is 5.91 Å². The number of primary amides is 1. The molecule has 2 unspecified atom stereocenters. The van der Waals surface area contributed by atoms with Crippen molar-refractivity contribution < 1.29 is 9.59 Å². The van der Waals surface area contributed by atoms with Gasteiger partial charge in [-0.2, -0.15) is 0 Å². The maximum atomic E-state index is 12.0. The molecule has 0 aromatic heterocycles. The van der Waals surface area contributed by atoms with Crippen LogP contribution in [0.15, 0.2) is 0 Å². The number of nitrogens with zero attached hydrogens (tertiary/aromatic N) is 1. The quantitative estimate of drug-likeness (QED) is 0.806. The van der Waals surface area contributed by atoms with Gasteiger partial charge in [-0.3, -0.25) is 14.5 Å². The molecule has 2 atom stereocenters. The number of carbonyl (C=O) groups excluding carboxylic acids is 2. The first-order chi connectivity index (χ1) is 7.71. The molecule has 2 N–H and O–H groups in total. The molecule has 1 rings (SSSR count). The lowest BCUT2D eigenvalue weighted by molar-refractivity contribution is -0.131. The zero-order chi connectivity index (χ0) is 13.2. The van der Waals surface area contributed by atoms with Crippen LogP contribution in [0.2, 0.25) is 0 Å². The largest absolute Gasteiger partial charge is 0.369 e. The summed E-state index contributed by atoms with van der Waals surface area (Å²) in [6, 6.07) is 0.358. The fraction of sp³-hybridized carbons (Fsp3) is 0.846. The second kappa shape index (κ2) is 5.17. The Hall–Kier alpha value is -0.900. The summed E-state index contributed by atoms with van der Waals surface area (Å²) < 4.78 is 0. The normalized spacial score (nSPS) is 26.8. The van der Waals surface area contributed by atoms with E-state index in [-0.39, 0.29) is 23.0 Å². The zero-order valence-electron chi connectivity index (χ0n) is 11.3. The second-order valence-corrected chi connectivity index (χ2v) is 6.13. The molecule has 1 aliphatic rings. The van der Waals surface area contributed by atoms with Crippen molar-refractivity contribution in [3.8, 4) is 0 Å². The number of hydrogen-bond donors (Lipinski definition) is 1. The summed E-state index contributed by atoms with van der Waals surface area (Å²) in [5, 5.41) is 0. The van der Waals surface area contributed by atoms with Gasteiger partial charge in [-0.25, -0.2) is 0 Å². The van der Waals surface area contributed by atoms with Crippen LogP contribution in [0.5, 0.6) is 0 Å². The van der Waals surface area contributed by atoms with Crippen LogP contribution >= 0.6 is 0 Å². The van der Waals surface area contributed by atoms with E-state index in [1.165, 1.54) is 0 Å². The van der Waals surface area contributed by atoms with Gasteiger partial charge >= 0.3 is 0 Å². The molecule has 1 saturated heterocycles. The van der Waals surface area contributed by atoms with Crippen LogP contribution in [-0.2, 0) is 9.59 Å². The Bertz CT molecular complexity index is 307. The molecule has 1 aliphatic heterocycles. The standard InChI is InChI=1S/C13H24N2O2/c1-9-5-6-10(12(14)17)7-15(9)8-11(16)13(2,3)4/h9-10H,5-8H2,1-4H3,(H2,14,17). The third-order valence-electron chi connectivity index (χ3n) is 3.60. The zero-order valence-corrected chi connectivity index (χ0v) is 11.3. The summed E-state index contributed by atoms with van der Waals surface area (Å²) >= 11 is 0. The topological polar surface area (TPSA) is 63.4 Å². The number of ketones is 1. The first-order valence-corrected chi connectivity index (χ1v) is 6.28. The van der Waals surface area contributed by atoms with E-state index in [0.717, 1.165) is 12.8 Å². The Morgan fingerprint density at radius 1 is 1.29 bits per heavy atom. The van der Waals surface area contributed by atoms with E-state index < -0.39 is 0 Å². The van der Waals surface area contributed by atoms with Crippen LogP contribution in [0.3, 0.4) is 0 Å². The van der Waals surface area contributed by atoms with E-state index in [0.29, 0.717) is 19.1 Å². The Kier molecular flexibility index (Phi) is 4.31. The van der Waals surface area contributed by atoms with Crippen molar-refractivity contribution in [2.24, 2.45) is 17.1 Å². The van der Waals surface area contributed by atoms with Crippen LogP contribution in [-0.4, -0.2) is 35.7 Å². The number of hydrogen-bond acceptors (Lipinski definition) is 3. The predicted molar refractivity (Wildman–Crippen MR) is 67.4 cm³/mol. The minimum absolute atomic E-state index is 0.0982. The van der Waals surface area contributed by atoms with Crippen LogP contribution in [0.1, 0.15) is 40.5 Å². The van der Waals surface area contributed by atoms with Gasteiger partial charge in [0.25, 0.3) is 0 Å². The average molecular weight is 240 g/mol. The van der Waals surface area contributed by atoms with Gasteiger partial charge in [0.05, 0.1) is 12.5 Å². The van der Waals surface area contributed by atoms with Gasteiger partial charge in [-0.15, -0.1) is 0 Å². The first-order valence-electron chi connectivity index (χ1n) is 6.28. The number of amides is 1. The highest BCUT2D eigenvalue weighted by molar-refractivity contribution is 5.85. The highest BCUT2D eigenvalue weighted by Crippen LogP contribution is 2.23. The van der Waals surface area contributed by atoms with Crippen molar-refractivity contribution in [1.29, 1.82) is 0 Å². The van der Waals surface area contributed by atoms with Crippen LogP contribution in [0.25, 0.3) is 0 Å². The van der Waals surface area contributed by atoms with E-state index >= 15 is 0 Å². The molecule has 1 fully saturated rings. The molecule has 0 aromatic carbocycles. The van der Waals surface area contributed by atoms with Gasteiger partial charge < -0.3 is 5.73 Å². The monoisotopic (exact) mass is 240 g/mol. The highest BCUT2D eigenvalue weighted by Gasteiger charge is 2.32. The molecule has 0 aliphatic carbocycles. The number of rotatable bonds is 3. The van der Waals surface area contributed by atoms with E-state index in [1.54, 1.807) is 0 Å².